The van der Waals surface area contributed by atoms with E-state index in [9.17, 15) is 0 Å². The van der Waals surface area contributed by atoms with Gasteiger partial charge in [0.25, 0.3) is 0 Å². The summed E-state index contributed by atoms with van der Waals surface area (Å²) >= 11 is 0. The highest BCUT2D eigenvalue weighted by Gasteiger charge is 2.10. The highest BCUT2D eigenvalue weighted by Crippen LogP contribution is 1.95. The van der Waals surface area contributed by atoms with Gasteiger partial charge in [0.1, 0.15) is 0 Å². The number of likely N-dealkylation sites (N-methyl/N-ethyl adjacent to an activating group) is 2. The van der Waals surface area contributed by atoms with Crippen LogP contribution < -0.4 is 5.32 Å². The summed E-state index contributed by atoms with van der Waals surface area (Å²) in [6.45, 7) is 11.8. The average Bonchev–Trinajstić information content (AvgIpc) is 2.18. The SMILES string of the molecule is CCCN(CC)CC(COC)NCC. The van der Waals surface area contributed by atoms with E-state index in [0.29, 0.717) is 6.04 Å². The third kappa shape index (κ3) is 6.35. The smallest absolute Gasteiger partial charge is 0.0628 e. The molecule has 1 atom stereocenters. The highest BCUT2D eigenvalue weighted by atomic mass is 16.5. The van der Waals surface area contributed by atoms with E-state index in [0.717, 1.165) is 26.2 Å². The van der Waals surface area contributed by atoms with E-state index in [1.54, 1.807) is 7.11 Å². The lowest BCUT2D eigenvalue weighted by molar-refractivity contribution is 0.140. The molecular formula is C11H26N2O. The van der Waals surface area contributed by atoms with Crippen LogP contribution in [0.2, 0.25) is 0 Å². The molecule has 14 heavy (non-hydrogen) atoms. The minimum absolute atomic E-state index is 0.469. The molecule has 0 spiro atoms. The van der Waals surface area contributed by atoms with Crippen LogP contribution in [0.4, 0.5) is 0 Å². The number of ether oxygens (including phenoxy) is 1. The lowest BCUT2D eigenvalue weighted by Crippen LogP contribution is -2.44. The van der Waals surface area contributed by atoms with E-state index >= 15 is 0 Å². The summed E-state index contributed by atoms with van der Waals surface area (Å²) in [6, 6.07) is 0.469. The van der Waals surface area contributed by atoms with Crippen LogP contribution in [0, 0.1) is 0 Å². The van der Waals surface area contributed by atoms with Crippen LogP contribution in [-0.4, -0.2) is 50.8 Å². The number of methoxy groups -OCH3 is 1. The van der Waals surface area contributed by atoms with Gasteiger partial charge < -0.3 is 15.0 Å². The normalized spacial score (nSPS) is 13.5. The maximum atomic E-state index is 5.19. The Bertz CT molecular complexity index is 114. The maximum absolute atomic E-state index is 5.19. The number of hydrogen-bond donors (Lipinski definition) is 1. The van der Waals surface area contributed by atoms with Crippen molar-refractivity contribution < 1.29 is 4.74 Å². The van der Waals surface area contributed by atoms with Gasteiger partial charge in [-0.1, -0.05) is 20.8 Å². The third-order valence-electron chi connectivity index (χ3n) is 2.33. The standard InChI is InChI=1S/C11H26N2O/c1-5-8-13(7-3)9-11(10-14-4)12-6-2/h11-12H,5-10H2,1-4H3. The molecule has 0 aromatic heterocycles. The quantitative estimate of drug-likeness (QED) is 0.611. The molecule has 0 aliphatic rings. The average molecular weight is 202 g/mol. The summed E-state index contributed by atoms with van der Waals surface area (Å²) in [7, 11) is 1.76. The fraction of sp³-hybridized carbons (Fsp3) is 1.00. The van der Waals surface area contributed by atoms with Gasteiger partial charge in [0, 0.05) is 19.7 Å². The number of nitrogens with one attached hydrogen (secondary N) is 1. The Morgan fingerprint density at radius 1 is 1.29 bits per heavy atom. The number of hydrogen-bond acceptors (Lipinski definition) is 3. The Labute approximate surface area is 88.8 Å². The highest BCUT2D eigenvalue weighted by molar-refractivity contribution is 4.70. The van der Waals surface area contributed by atoms with Crippen LogP contribution in [0.1, 0.15) is 27.2 Å². The van der Waals surface area contributed by atoms with Crippen molar-refractivity contribution in [3.8, 4) is 0 Å². The summed E-state index contributed by atoms with van der Waals surface area (Å²) in [6.07, 6.45) is 1.22. The molecule has 0 bridgehead atoms. The van der Waals surface area contributed by atoms with Crippen molar-refractivity contribution in [3.63, 3.8) is 0 Å². The van der Waals surface area contributed by atoms with Gasteiger partial charge in [-0.2, -0.15) is 0 Å². The first kappa shape index (κ1) is 13.9. The van der Waals surface area contributed by atoms with E-state index in [1.165, 1.54) is 13.0 Å². The monoisotopic (exact) mass is 202 g/mol. The first-order valence-electron chi connectivity index (χ1n) is 5.73. The largest absolute Gasteiger partial charge is 0.383 e. The van der Waals surface area contributed by atoms with Gasteiger partial charge in [0.05, 0.1) is 6.61 Å². The zero-order valence-corrected chi connectivity index (χ0v) is 10.2. The van der Waals surface area contributed by atoms with E-state index in [2.05, 4.69) is 31.0 Å². The molecule has 0 aromatic rings. The zero-order valence-electron chi connectivity index (χ0n) is 10.2. The summed E-state index contributed by atoms with van der Waals surface area (Å²) in [4.78, 5) is 2.46. The molecule has 3 heteroatoms. The second kappa shape index (κ2) is 9.44. The van der Waals surface area contributed by atoms with Crippen molar-refractivity contribution in [1.29, 1.82) is 0 Å². The van der Waals surface area contributed by atoms with Crippen molar-refractivity contribution >= 4 is 0 Å². The molecule has 0 aromatic carbocycles. The van der Waals surface area contributed by atoms with Crippen molar-refractivity contribution in [3.05, 3.63) is 0 Å². The molecule has 0 saturated carbocycles. The fourth-order valence-corrected chi connectivity index (χ4v) is 1.67. The summed E-state index contributed by atoms with van der Waals surface area (Å²) in [5.74, 6) is 0. The molecule has 1 N–H and O–H groups in total. The second-order valence-electron chi connectivity index (χ2n) is 3.60. The van der Waals surface area contributed by atoms with Crippen molar-refractivity contribution in [2.75, 3.05) is 39.9 Å². The predicted molar refractivity (Wildman–Crippen MR) is 61.7 cm³/mol. The van der Waals surface area contributed by atoms with Crippen LogP contribution in [0.15, 0.2) is 0 Å². The van der Waals surface area contributed by atoms with Gasteiger partial charge in [-0.25, -0.2) is 0 Å². The van der Waals surface area contributed by atoms with Gasteiger partial charge in [-0.3, -0.25) is 0 Å². The second-order valence-corrected chi connectivity index (χ2v) is 3.60. The van der Waals surface area contributed by atoms with E-state index in [4.69, 9.17) is 4.74 Å². The number of rotatable bonds is 9. The minimum atomic E-state index is 0.469. The molecule has 86 valence electrons. The maximum Gasteiger partial charge on any atom is 0.0628 e. The minimum Gasteiger partial charge on any atom is -0.383 e. The van der Waals surface area contributed by atoms with Crippen LogP contribution in [0.3, 0.4) is 0 Å². The van der Waals surface area contributed by atoms with Gasteiger partial charge >= 0.3 is 0 Å². The molecule has 0 rings (SSSR count). The Hall–Kier alpha value is -0.120. The van der Waals surface area contributed by atoms with Crippen LogP contribution in [-0.2, 0) is 4.74 Å². The van der Waals surface area contributed by atoms with Crippen LogP contribution in [0.25, 0.3) is 0 Å². The van der Waals surface area contributed by atoms with Crippen LogP contribution in [0.5, 0.6) is 0 Å². The first-order chi connectivity index (χ1) is 6.78. The molecule has 0 radical (unpaired) electrons. The Morgan fingerprint density at radius 2 is 2.00 bits per heavy atom. The summed E-state index contributed by atoms with van der Waals surface area (Å²) in [5, 5.41) is 3.44. The molecule has 0 heterocycles. The Balaban J connectivity index is 3.83. The third-order valence-corrected chi connectivity index (χ3v) is 2.33. The van der Waals surface area contributed by atoms with Crippen LogP contribution >= 0.6 is 0 Å². The van der Waals surface area contributed by atoms with Crippen molar-refractivity contribution in [2.24, 2.45) is 0 Å². The summed E-state index contributed by atoms with van der Waals surface area (Å²) < 4.78 is 5.19. The predicted octanol–water partition coefficient (Wildman–Crippen LogP) is 1.34. The van der Waals surface area contributed by atoms with E-state index in [1.807, 2.05) is 0 Å². The zero-order chi connectivity index (χ0) is 10.8. The number of nitrogens with zero attached hydrogens (tertiary/aromatic N) is 1. The molecule has 0 saturated heterocycles. The van der Waals surface area contributed by atoms with Gasteiger partial charge in [-0.05, 0) is 26.1 Å². The Kier molecular flexibility index (Phi) is 9.35. The fourth-order valence-electron chi connectivity index (χ4n) is 1.67. The van der Waals surface area contributed by atoms with Crippen molar-refractivity contribution in [1.82, 2.24) is 10.2 Å². The molecule has 0 amide bonds. The topological polar surface area (TPSA) is 24.5 Å². The molecule has 0 aliphatic carbocycles. The molecule has 3 nitrogen and oxygen atoms in total. The first-order valence-corrected chi connectivity index (χ1v) is 5.73. The molecule has 1 unspecified atom stereocenters. The van der Waals surface area contributed by atoms with Gasteiger partial charge in [0.2, 0.25) is 0 Å². The molecular weight excluding hydrogens is 176 g/mol. The lowest BCUT2D eigenvalue weighted by Gasteiger charge is -2.26. The lowest BCUT2D eigenvalue weighted by atomic mass is 10.2. The Morgan fingerprint density at radius 3 is 2.43 bits per heavy atom. The van der Waals surface area contributed by atoms with E-state index < -0.39 is 0 Å². The van der Waals surface area contributed by atoms with Crippen molar-refractivity contribution in [2.45, 2.75) is 33.2 Å². The molecule has 0 aliphatic heterocycles. The van der Waals surface area contributed by atoms with Gasteiger partial charge in [-0.15, -0.1) is 0 Å². The van der Waals surface area contributed by atoms with E-state index in [-0.39, 0.29) is 0 Å². The molecule has 0 fully saturated rings. The summed E-state index contributed by atoms with van der Waals surface area (Å²) in [5.41, 5.74) is 0. The van der Waals surface area contributed by atoms with Gasteiger partial charge in [0.15, 0.2) is 0 Å².